The molecule has 0 unspecified atom stereocenters. The number of aryl methyl sites for hydroxylation is 1. The van der Waals surface area contributed by atoms with Gasteiger partial charge in [-0.15, -0.1) is 0 Å². The number of anilines is 1. The smallest absolute Gasteiger partial charge is 0.262 e. The molecule has 2 aromatic rings. The third-order valence-electron chi connectivity index (χ3n) is 3.25. The zero-order valence-electron chi connectivity index (χ0n) is 15.4. The highest BCUT2D eigenvalue weighted by atomic mass is 32.2. The number of sulfonamides is 1. The second kappa shape index (κ2) is 7.88. The van der Waals surface area contributed by atoms with Crippen LogP contribution in [0.15, 0.2) is 53.4 Å². The first-order valence-electron chi connectivity index (χ1n) is 8.18. The Morgan fingerprint density at radius 3 is 2.31 bits per heavy atom. The third kappa shape index (κ3) is 6.16. The second-order valence-corrected chi connectivity index (χ2v) is 8.72. The number of rotatable bonds is 6. The number of carbonyl (C=O) groups excluding carboxylic acids is 1. The van der Waals surface area contributed by atoms with E-state index in [0.29, 0.717) is 11.4 Å². The summed E-state index contributed by atoms with van der Waals surface area (Å²) in [7, 11) is -3.60. The highest BCUT2D eigenvalue weighted by Gasteiger charge is 2.21. The maximum Gasteiger partial charge on any atom is 0.262 e. The summed E-state index contributed by atoms with van der Waals surface area (Å²) >= 11 is 0. The number of nitrogens with one attached hydrogen (secondary N) is 2. The van der Waals surface area contributed by atoms with Crippen LogP contribution in [0, 0.1) is 6.92 Å². The third-order valence-corrected chi connectivity index (χ3v) is 5.02. The van der Waals surface area contributed by atoms with Crippen molar-refractivity contribution in [2.75, 3.05) is 11.9 Å². The number of ether oxygens (including phenoxy) is 1. The molecule has 0 aliphatic rings. The first-order valence-corrected chi connectivity index (χ1v) is 9.67. The first kappa shape index (κ1) is 19.9. The van der Waals surface area contributed by atoms with E-state index in [2.05, 4.69) is 10.0 Å². The molecule has 0 atom stereocenters. The first-order chi connectivity index (χ1) is 12.0. The molecule has 1 amide bonds. The number of carbonyl (C=O) groups is 1. The molecule has 0 spiro atoms. The van der Waals surface area contributed by atoms with E-state index < -0.39 is 15.6 Å². The van der Waals surface area contributed by atoms with Crippen molar-refractivity contribution >= 4 is 21.6 Å². The van der Waals surface area contributed by atoms with Gasteiger partial charge in [0, 0.05) is 11.2 Å². The molecule has 6 nitrogen and oxygen atoms in total. The van der Waals surface area contributed by atoms with Gasteiger partial charge in [-0.1, -0.05) is 12.1 Å². The normalized spacial score (nSPS) is 11.8. The van der Waals surface area contributed by atoms with Gasteiger partial charge in [-0.05, 0) is 69.7 Å². The Kier molecular flexibility index (Phi) is 6.05. The van der Waals surface area contributed by atoms with Gasteiger partial charge in [0.2, 0.25) is 10.0 Å². The van der Waals surface area contributed by atoms with Gasteiger partial charge in [0.1, 0.15) is 5.75 Å². The molecule has 0 radical (unpaired) electrons. The minimum atomic E-state index is -3.60. The van der Waals surface area contributed by atoms with Gasteiger partial charge >= 0.3 is 0 Å². The predicted molar refractivity (Wildman–Crippen MR) is 102 cm³/mol. The van der Waals surface area contributed by atoms with Crippen molar-refractivity contribution in [1.82, 2.24) is 4.72 Å². The molecule has 140 valence electrons. The quantitative estimate of drug-likeness (QED) is 0.811. The van der Waals surface area contributed by atoms with Crippen molar-refractivity contribution in [2.24, 2.45) is 0 Å². The Labute approximate surface area is 154 Å². The van der Waals surface area contributed by atoms with Crippen molar-refractivity contribution in [2.45, 2.75) is 38.1 Å². The van der Waals surface area contributed by atoms with E-state index in [4.69, 9.17) is 4.74 Å². The highest BCUT2D eigenvalue weighted by molar-refractivity contribution is 7.89. The zero-order chi connectivity index (χ0) is 19.4. The molecule has 2 aromatic carbocycles. The standard InChI is InChI=1S/C19H24N2O4S/c1-14-6-5-7-16(12-14)25-13-18(22)20-15-8-10-17(11-9-15)26(23,24)21-19(2,3)4/h5-12,21H,13H2,1-4H3,(H,20,22). The van der Waals surface area contributed by atoms with Crippen molar-refractivity contribution in [3.8, 4) is 5.75 Å². The van der Waals surface area contributed by atoms with Crippen LogP contribution in [0.2, 0.25) is 0 Å². The topological polar surface area (TPSA) is 84.5 Å². The van der Waals surface area contributed by atoms with E-state index in [1.807, 2.05) is 25.1 Å². The van der Waals surface area contributed by atoms with Crippen LogP contribution in [0.5, 0.6) is 5.75 Å². The number of amides is 1. The molecule has 0 bridgehead atoms. The molecule has 0 aliphatic heterocycles. The summed E-state index contributed by atoms with van der Waals surface area (Å²) in [6.07, 6.45) is 0. The van der Waals surface area contributed by atoms with Crippen molar-refractivity contribution < 1.29 is 17.9 Å². The van der Waals surface area contributed by atoms with Gasteiger partial charge in [-0.25, -0.2) is 13.1 Å². The summed E-state index contributed by atoms with van der Waals surface area (Å²) in [5.41, 5.74) is 0.972. The van der Waals surface area contributed by atoms with Crippen molar-refractivity contribution in [3.63, 3.8) is 0 Å². The van der Waals surface area contributed by atoms with Crippen LogP contribution in [0.1, 0.15) is 26.3 Å². The van der Waals surface area contributed by atoms with Crippen LogP contribution in [0.4, 0.5) is 5.69 Å². The van der Waals surface area contributed by atoms with Gasteiger partial charge in [0.15, 0.2) is 6.61 Å². The van der Waals surface area contributed by atoms with E-state index in [0.717, 1.165) is 5.56 Å². The van der Waals surface area contributed by atoms with E-state index >= 15 is 0 Å². The fourth-order valence-electron chi connectivity index (χ4n) is 2.23. The SMILES string of the molecule is Cc1cccc(OCC(=O)Nc2ccc(S(=O)(=O)NC(C)(C)C)cc2)c1. The van der Waals surface area contributed by atoms with Gasteiger partial charge in [-0.3, -0.25) is 4.79 Å². The summed E-state index contributed by atoms with van der Waals surface area (Å²) in [6.45, 7) is 7.13. The van der Waals surface area contributed by atoms with Gasteiger partial charge in [-0.2, -0.15) is 0 Å². The minimum absolute atomic E-state index is 0.130. The fourth-order valence-corrected chi connectivity index (χ4v) is 3.65. The lowest BCUT2D eigenvalue weighted by Gasteiger charge is -2.20. The maximum atomic E-state index is 12.2. The molecule has 0 aromatic heterocycles. The summed E-state index contributed by atoms with van der Waals surface area (Å²) < 4.78 is 32.5. The summed E-state index contributed by atoms with van der Waals surface area (Å²) in [6, 6.07) is 13.4. The molecule has 0 aliphatic carbocycles. The average molecular weight is 376 g/mol. The zero-order valence-corrected chi connectivity index (χ0v) is 16.2. The number of hydrogen-bond donors (Lipinski definition) is 2. The second-order valence-electron chi connectivity index (χ2n) is 7.03. The Balaban J connectivity index is 1.95. The average Bonchev–Trinajstić information content (AvgIpc) is 2.51. The van der Waals surface area contributed by atoms with Gasteiger partial charge in [0.05, 0.1) is 4.90 Å². The van der Waals surface area contributed by atoms with E-state index in [1.165, 1.54) is 12.1 Å². The Morgan fingerprint density at radius 2 is 1.73 bits per heavy atom. The molecular formula is C19H24N2O4S. The van der Waals surface area contributed by atoms with E-state index in [-0.39, 0.29) is 17.4 Å². The molecule has 7 heteroatoms. The van der Waals surface area contributed by atoms with Crippen LogP contribution in [-0.2, 0) is 14.8 Å². The Morgan fingerprint density at radius 1 is 1.08 bits per heavy atom. The van der Waals surface area contributed by atoms with Crippen LogP contribution < -0.4 is 14.8 Å². The molecule has 2 N–H and O–H groups in total. The molecule has 0 heterocycles. The van der Waals surface area contributed by atoms with Crippen LogP contribution in [0.25, 0.3) is 0 Å². The van der Waals surface area contributed by atoms with Crippen LogP contribution in [-0.4, -0.2) is 26.5 Å². The Bertz CT molecular complexity index is 869. The lowest BCUT2D eigenvalue weighted by molar-refractivity contribution is -0.118. The fraction of sp³-hybridized carbons (Fsp3) is 0.316. The lowest BCUT2D eigenvalue weighted by Crippen LogP contribution is -2.40. The lowest BCUT2D eigenvalue weighted by atomic mass is 10.1. The van der Waals surface area contributed by atoms with Crippen molar-refractivity contribution in [1.29, 1.82) is 0 Å². The maximum absolute atomic E-state index is 12.2. The summed E-state index contributed by atoms with van der Waals surface area (Å²) in [5, 5.41) is 2.67. The minimum Gasteiger partial charge on any atom is -0.484 e. The van der Waals surface area contributed by atoms with Crippen LogP contribution in [0.3, 0.4) is 0 Å². The van der Waals surface area contributed by atoms with Gasteiger partial charge in [0.25, 0.3) is 5.91 Å². The van der Waals surface area contributed by atoms with E-state index in [9.17, 15) is 13.2 Å². The molecule has 2 rings (SSSR count). The number of hydrogen-bond acceptors (Lipinski definition) is 4. The largest absolute Gasteiger partial charge is 0.484 e. The van der Waals surface area contributed by atoms with Crippen LogP contribution >= 0.6 is 0 Å². The molecule has 26 heavy (non-hydrogen) atoms. The van der Waals surface area contributed by atoms with Crippen molar-refractivity contribution in [3.05, 3.63) is 54.1 Å². The summed E-state index contributed by atoms with van der Waals surface area (Å²) in [5.74, 6) is 0.296. The molecule has 0 fully saturated rings. The molecule has 0 saturated carbocycles. The molecule has 0 saturated heterocycles. The van der Waals surface area contributed by atoms with E-state index in [1.54, 1.807) is 39.0 Å². The predicted octanol–water partition coefficient (Wildman–Crippen LogP) is 3.09. The Hall–Kier alpha value is -2.38. The highest BCUT2D eigenvalue weighted by Crippen LogP contribution is 2.17. The van der Waals surface area contributed by atoms with Gasteiger partial charge < -0.3 is 10.1 Å². The summed E-state index contributed by atoms with van der Waals surface area (Å²) in [4.78, 5) is 12.1. The number of benzene rings is 2. The molecular weight excluding hydrogens is 352 g/mol. The monoisotopic (exact) mass is 376 g/mol.